The number of phenolic OH excluding ortho intramolecular Hbond substituents is 1. The molecule has 174 valence electrons. The largest absolute Gasteiger partial charge is 0.511 e. The van der Waals surface area contributed by atoms with Crippen molar-refractivity contribution in [3.05, 3.63) is 69.8 Å². The second kappa shape index (κ2) is 7.26. The zero-order valence-electron chi connectivity index (χ0n) is 18.2. The molecule has 5 rings (SSSR count). The molecule has 3 aliphatic rings. The standard InChI is InChI=1S/C25H22N2O7/c1-10-3-2-6-27-20(10)13-4-5-15(28)18-14(13)8-11-7-12-9-16(29)19(24(26)33)23(32)25(12,34)22(31)17(11)21(18)30/h2-6,11-12,28-29,31,34H,7-9H2,1H3,(H2,26,33)/t11-,12+,25+/m1/s1. The highest BCUT2D eigenvalue weighted by molar-refractivity contribution is 6.24. The van der Waals surface area contributed by atoms with E-state index in [9.17, 15) is 34.8 Å². The van der Waals surface area contributed by atoms with Crippen molar-refractivity contribution in [1.82, 2.24) is 4.98 Å². The van der Waals surface area contributed by atoms with Crippen molar-refractivity contribution in [2.45, 2.75) is 31.8 Å². The van der Waals surface area contributed by atoms with Gasteiger partial charge in [0.1, 0.15) is 22.8 Å². The number of hydrogen-bond acceptors (Lipinski definition) is 8. The number of pyridine rings is 1. The molecule has 2 aromatic rings. The van der Waals surface area contributed by atoms with E-state index in [0.717, 1.165) is 5.56 Å². The zero-order valence-corrected chi connectivity index (χ0v) is 18.2. The summed E-state index contributed by atoms with van der Waals surface area (Å²) in [4.78, 5) is 42.7. The molecule has 0 fully saturated rings. The third-order valence-corrected chi connectivity index (χ3v) is 7.21. The van der Waals surface area contributed by atoms with E-state index >= 15 is 0 Å². The highest BCUT2D eigenvalue weighted by Crippen LogP contribution is 2.52. The van der Waals surface area contributed by atoms with Crippen molar-refractivity contribution >= 4 is 17.5 Å². The number of aryl methyl sites for hydroxylation is 1. The number of rotatable bonds is 2. The Bertz CT molecular complexity index is 1370. The summed E-state index contributed by atoms with van der Waals surface area (Å²) in [5.41, 5.74) is 4.38. The number of aromatic hydroxyl groups is 1. The van der Waals surface area contributed by atoms with Gasteiger partial charge in [0, 0.05) is 29.7 Å². The van der Waals surface area contributed by atoms with Crippen LogP contribution in [0.1, 0.15) is 34.3 Å². The molecule has 0 spiro atoms. The van der Waals surface area contributed by atoms with E-state index < -0.39 is 52.0 Å². The molecule has 9 nitrogen and oxygen atoms in total. The molecule has 0 saturated carbocycles. The average molecular weight is 462 g/mol. The van der Waals surface area contributed by atoms with Crippen LogP contribution in [0.2, 0.25) is 0 Å². The maximum Gasteiger partial charge on any atom is 0.255 e. The summed E-state index contributed by atoms with van der Waals surface area (Å²) < 4.78 is 0. The molecule has 1 aromatic carbocycles. The Hall–Kier alpha value is -3.98. The zero-order chi connectivity index (χ0) is 24.5. The molecule has 6 N–H and O–H groups in total. The number of nitrogens with zero attached hydrogens (tertiary/aromatic N) is 1. The summed E-state index contributed by atoms with van der Waals surface area (Å²) >= 11 is 0. The first-order chi connectivity index (χ1) is 16.1. The molecule has 3 aliphatic carbocycles. The van der Waals surface area contributed by atoms with Crippen molar-refractivity contribution in [2.24, 2.45) is 17.6 Å². The fourth-order valence-electron chi connectivity index (χ4n) is 5.61. The third kappa shape index (κ3) is 2.76. The monoisotopic (exact) mass is 462 g/mol. The molecule has 0 saturated heterocycles. The maximum atomic E-state index is 13.6. The molecule has 34 heavy (non-hydrogen) atoms. The van der Waals surface area contributed by atoms with Gasteiger partial charge >= 0.3 is 0 Å². The predicted molar refractivity (Wildman–Crippen MR) is 119 cm³/mol. The third-order valence-electron chi connectivity index (χ3n) is 7.21. The first kappa shape index (κ1) is 21.8. The smallest absolute Gasteiger partial charge is 0.255 e. The maximum absolute atomic E-state index is 13.6. The van der Waals surface area contributed by atoms with Gasteiger partial charge in [-0.2, -0.15) is 0 Å². The molecular formula is C25H22N2O7. The van der Waals surface area contributed by atoms with E-state index in [2.05, 4.69) is 4.98 Å². The molecular weight excluding hydrogens is 440 g/mol. The Labute approximate surface area is 193 Å². The van der Waals surface area contributed by atoms with Crippen molar-refractivity contribution < 1.29 is 34.8 Å². The van der Waals surface area contributed by atoms with E-state index in [4.69, 9.17) is 5.73 Å². The minimum Gasteiger partial charge on any atom is -0.511 e. The molecule has 1 aromatic heterocycles. The van der Waals surface area contributed by atoms with E-state index in [1.165, 1.54) is 6.07 Å². The summed E-state index contributed by atoms with van der Waals surface area (Å²) in [7, 11) is 0. The van der Waals surface area contributed by atoms with Gasteiger partial charge in [-0.25, -0.2) is 0 Å². The number of primary amides is 1. The number of Topliss-reactive ketones (excluding diaryl/α,β-unsaturated/α-hetero) is 2. The van der Waals surface area contributed by atoms with Gasteiger partial charge in [0.05, 0.1) is 11.3 Å². The first-order valence-corrected chi connectivity index (χ1v) is 10.8. The molecule has 3 atom stereocenters. The van der Waals surface area contributed by atoms with Gasteiger partial charge < -0.3 is 26.2 Å². The summed E-state index contributed by atoms with van der Waals surface area (Å²) in [6.07, 6.45) is 1.68. The lowest BCUT2D eigenvalue weighted by Gasteiger charge is -2.45. The van der Waals surface area contributed by atoms with Gasteiger partial charge in [0.2, 0.25) is 5.78 Å². The van der Waals surface area contributed by atoms with Gasteiger partial charge in [-0.05, 0) is 55.0 Å². The van der Waals surface area contributed by atoms with Gasteiger partial charge in [0.15, 0.2) is 11.4 Å². The SMILES string of the molecule is Cc1cccnc1-c1ccc(O)c2c1C[C@H]1C[C@H]3CC(O)=C(C(N)=O)C(=O)[C@@]3(O)C(O)=C1C2=O. The number of nitrogens with two attached hydrogens (primary N) is 1. The van der Waals surface area contributed by atoms with E-state index in [0.29, 0.717) is 16.8 Å². The lowest BCUT2D eigenvalue weighted by Crippen LogP contribution is -2.57. The number of fused-ring (bicyclic) bond motifs is 3. The Balaban J connectivity index is 1.70. The fraction of sp³-hybridized carbons (Fsp3) is 0.280. The van der Waals surface area contributed by atoms with E-state index in [1.54, 1.807) is 18.3 Å². The van der Waals surface area contributed by atoms with Crippen molar-refractivity contribution in [3.8, 4) is 17.0 Å². The van der Waals surface area contributed by atoms with Crippen LogP contribution in [0, 0.1) is 18.8 Å². The number of amides is 1. The Morgan fingerprint density at radius 2 is 1.88 bits per heavy atom. The lowest BCUT2D eigenvalue weighted by atomic mass is 9.60. The molecule has 1 heterocycles. The molecule has 0 bridgehead atoms. The van der Waals surface area contributed by atoms with Gasteiger partial charge in [-0.15, -0.1) is 0 Å². The number of aliphatic hydroxyl groups is 3. The van der Waals surface area contributed by atoms with Crippen molar-refractivity contribution in [3.63, 3.8) is 0 Å². The Morgan fingerprint density at radius 3 is 2.56 bits per heavy atom. The van der Waals surface area contributed by atoms with Crippen LogP contribution < -0.4 is 5.73 Å². The predicted octanol–water partition coefficient (Wildman–Crippen LogP) is 1.95. The molecule has 0 aliphatic heterocycles. The number of aliphatic hydroxyl groups excluding tert-OH is 2. The van der Waals surface area contributed by atoms with Gasteiger partial charge in [0.25, 0.3) is 5.91 Å². The number of phenols is 1. The second-order valence-corrected chi connectivity index (χ2v) is 9.07. The molecule has 0 radical (unpaired) electrons. The quantitative estimate of drug-likeness (QED) is 0.421. The highest BCUT2D eigenvalue weighted by atomic mass is 16.3. The topological polar surface area (TPSA) is 171 Å². The first-order valence-electron chi connectivity index (χ1n) is 10.8. The highest BCUT2D eigenvalue weighted by Gasteiger charge is 2.59. The molecule has 1 amide bonds. The molecule has 9 heteroatoms. The van der Waals surface area contributed by atoms with Gasteiger partial charge in [-0.1, -0.05) is 6.07 Å². The van der Waals surface area contributed by atoms with E-state index in [1.807, 2.05) is 13.0 Å². The van der Waals surface area contributed by atoms with Crippen LogP contribution in [0.4, 0.5) is 0 Å². The minimum atomic E-state index is -2.57. The minimum absolute atomic E-state index is 0.0285. The number of carbonyl (C=O) groups is 3. The summed E-state index contributed by atoms with van der Waals surface area (Å²) in [6.45, 7) is 1.88. The van der Waals surface area contributed by atoms with Crippen LogP contribution in [0.5, 0.6) is 5.75 Å². The lowest BCUT2D eigenvalue weighted by molar-refractivity contribution is -0.144. The number of carbonyl (C=O) groups excluding carboxylic acids is 3. The number of aromatic nitrogens is 1. The number of benzene rings is 1. The van der Waals surface area contributed by atoms with Crippen LogP contribution in [0.3, 0.4) is 0 Å². The number of allylic oxidation sites excluding steroid dienone is 2. The Morgan fingerprint density at radius 1 is 1.15 bits per heavy atom. The van der Waals surface area contributed by atoms with Crippen LogP contribution in [-0.4, -0.2) is 48.5 Å². The number of hydrogen-bond donors (Lipinski definition) is 5. The number of ketones is 2. The molecule has 0 unspecified atom stereocenters. The van der Waals surface area contributed by atoms with Gasteiger partial charge in [-0.3, -0.25) is 19.4 Å². The van der Waals surface area contributed by atoms with E-state index in [-0.39, 0.29) is 36.1 Å². The van der Waals surface area contributed by atoms with Crippen LogP contribution in [0.15, 0.2) is 53.1 Å². The fourth-order valence-corrected chi connectivity index (χ4v) is 5.61. The van der Waals surface area contributed by atoms with Crippen LogP contribution in [0.25, 0.3) is 11.3 Å². The summed E-state index contributed by atoms with van der Waals surface area (Å²) in [5.74, 6) is -6.45. The normalized spacial score (nSPS) is 26.2. The Kier molecular flexibility index (Phi) is 4.66. The van der Waals surface area contributed by atoms with Crippen molar-refractivity contribution in [1.29, 1.82) is 0 Å². The van der Waals surface area contributed by atoms with Crippen LogP contribution >= 0.6 is 0 Å². The van der Waals surface area contributed by atoms with Crippen LogP contribution in [-0.2, 0) is 16.0 Å². The summed E-state index contributed by atoms with van der Waals surface area (Å²) in [5, 5.41) is 43.2. The average Bonchev–Trinajstić information content (AvgIpc) is 2.77. The summed E-state index contributed by atoms with van der Waals surface area (Å²) in [6, 6.07) is 6.72. The second-order valence-electron chi connectivity index (χ2n) is 9.07. The van der Waals surface area contributed by atoms with Crippen molar-refractivity contribution in [2.75, 3.05) is 0 Å².